The van der Waals surface area contributed by atoms with Gasteiger partial charge in [-0.05, 0) is 46.9 Å². The smallest absolute Gasteiger partial charge is 0.312 e. The van der Waals surface area contributed by atoms with Crippen molar-refractivity contribution in [3.63, 3.8) is 0 Å². The van der Waals surface area contributed by atoms with Gasteiger partial charge in [0.25, 0.3) is 11.7 Å². The number of nitrogens with one attached hydrogen (secondary N) is 1. The summed E-state index contributed by atoms with van der Waals surface area (Å²) in [7, 11) is 5.47. The number of benzene rings is 2. The van der Waals surface area contributed by atoms with Gasteiger partial charge < -0.3 is 54.7 Å². The van der Waals surface area contributed by atoms with E-state index >= 15 is 0 Å². The SMILES string of the molecule is CO[C@H]1/C=C/O[C@@]2(C)Oc3c(C)c(O)c4c(O)c(c(/C=N/N5CCC(N(C)C)CC5)c(O)c4c3C2=O)NC(=O)/C(C)=C\C=C\[C@H](C)[C@H](O)[C@@H](C)[C@@H](O)[C@@H](C)[C@H](OC(C)=O)[C@@H]1C. The summed E-state index contributed by atoms with van der Waals surface area (Å²) in [6.45, 7) is 13.7. The molecule has 16 nitrogen and oxygen atoms in total. The quantitative estimate of drug-likeness (QED) is 0.0997. The van der Waals surface area contributed by atoms with Gasteiger partial charge in [0.05, 0.1) is 53.0 Å². The number of phenols is 3. The Kier molecular flexibility index (Phi) is 14.5. The molecule has 1 amide bonds. The summed E-state index contributed by atoms with van der Waals surface area (Å²) in [4.78, 5) is 42.8. The van der Waals surface area contributed by atoms with Crippen LogP contribution in [0.4, 0.5) is 5.69 Å². The second-order valence-corrected chi connectivity index (χ2v) is 17.0. The number of amides is 1. The first-order valence-electron chi connectivity index (χ1n) is 20.7. The zero-order valence-electron chi connectivity index (χ0n) is 36.9. The average molecular weight is 851 g/mol. The lowest BCUT2D eigenvalue weighted by Crippen LogP contribution is -2.46. The Morgan fingerprint density at radius 1 is 0.967 bits per heavy atom. The Morgan fingerprint density at radius 2 is 1.62 bits per heavy atom. The molecule has 0 spiro atoms. The van der Waals surface area contributed by atoms with Crippen LogP contribution in [0.15, 0.2) is 41.2 Å². The van der Waals surface area contributed by atoms with E-state index in [1.54, 1.807) is 39.8 Å². The summed E-state index contributed by atoms with van der Waals surface area (Å²) in [5.41, 5.74) is -0.336. The van der Waals surface area contributed by atoms with Gasteiger partial charge in [-0.2, -0.15) is 5.10 Å². The molecular weight excluding hydrogens is 789 g/mol. The van der Waals surface area contributed by atoms with Gasteiger partial charge in [0.15, 0.2) is 5.75 Å². The topological polar surface area (TPSA) is 220 Å². The summed E-state index contributed by atoms with van der Waals surface area (Å²) in [6, 6.07) is 0.359. The van der Waals surface area contributed by atoms with E-state index in [2.05, 4.69) is 15.3 Å². The van der Waals surface area contributed by atoms with Crippen molar-refractivity contribution < 1.29 is 58.9 Å². The summed E-state index contributed by atoms with van der Waals surface area (Å²) < 4.78 is 23.7. The molecule has 4 aliphatic rings. The van der Waals surface area contributed by atoms with Crippen LogP contribution < -0.4 is 10.1 Å². The van der Waals surface area contributed by atoms with Crippen molar-refractivity contribution >= 4 is 40.3 Å². The van der Waals surface area contributed by atoms with Crippen LogP contribution in [0, 0.1) is 30.6 Å². The molecule has 1 saturated heterocycles. The number of anilines is 1. The van der Waals surface area contributed by atoms with Crippen LogP contribution in [0.3, 0.4) is 0 Å². The number of piperidine rings is 1. The molecule has 6 N–H and O–H groups in total. The van der Waals surface area contributed by atoms with Crippen molar-refractivity contribution in [1.82, 2.24) is 9.91 Å². The van der Waals surface area contributed by atoms with E-state index in [0.717, 1.165) is 12.8 Å². The first-order valence-corrected chi connectivity index (χ1v) is 20.7. The minimum absolute atomic E-state index is 0.0572. The molecule has 5 bridgehead atoms. The van der Waals surface area contributed by atoms with Crippen molar-refractivity contribution in [2.24, 2.45) is 28.8 Å². The summed E-state index contributed by atoms with van der Waals surface area (Å²) in [6.07, 6.45) is 6.54. The number of phenolic OH excluding ortho intramolecular Hbond substituents is 3. The highest BCUT2D eigenvalue weighted by atomic mass is 16.7. The van der Waals surface area contributed by atoms with Crippen LogP contribution in [0.5, 0.6) is 23.0 Å². The molecule has 0 aliphatic carbocycles. The van der Waals surface area contributed by atoms with E-state index in [1.807, 2.05) is 19.1 Å². The van der Waals surface area contributed by atoms with E-state index in [-0.39, 0.29) is 44.5 Å². The molecule has 16 heteroatoms. The zero-order valence-corrected chi connectivity index (χ0v) is 36.9. The molecule has 2 aromatic rings. The first kappa shape index (κ1) is 46.9. The molecule has 4 heterocycles. The van der Waals surface area contributed by atoms with Crippen LogP contribution in [-0.2, 0) is 23.8 Å². The molecule has 0 unspecified atom stereocenters. The fourth-order valence-electron chi connectivity index (χ4n) is 8.50. The number of aliphatic hydroxyl groups is 2. The number of hydrazone groups is 1. The first-order chi connectivity index (χ1) is 28.6. The van der Waals surface area contributed by atoms with Crippen molar-refractivity contribution in [2.45, 2.75) is 104 Å². The van der Waals surface area contributed by atoms with Gasteiger partial charge in [-0.25, -0.2) is 0 Å². The number of esters is 1. The Morgan fingerprint density at radius 3 is 2.23 bits per heavy atom. The minimum Gasteiger partial charge on any atom is -0.507 e. The number of aromatic hydroxyl groups is 3. The van der Waals surface area contributed by atoms with Gasteiger partial charge in [0.2, 0.25) is 0 Å². The van der Waals surface area contributed by atoms with E-state index < -0.39 is 88.8 Å². The van der Waals surface area contributed by atoms with Gasteiger partial charge in [-0.1, -0.05) is 45.9 Å². The molecule has 61 heavy (non-hydrogen) atoms. The number of ketones is 1. The number of fused-ring (bicyclic) bond motifs is 14. The lowest BCUT2D eigenvalue weighted by atomic mass is 9.78. The van der Waals surface area contributed by atoms with Gasteiger partial charge in [-0.15, -0.1) is 0 Å². The third-order valence-electron chi connectivity index (χ3n) is 12.6. The number of ether oxygens (including phenoxy) is 4. The Balaban J connectivity index is 1.69. The number of methoxy groups -OCH3 is 1. The second kappa shape index (κ2) is 18.8. The number of nitrogens with zero attached hydrogens (tertiary/aromatic N) is 3. The van der Waals surface area contributed by atoms with Crippen LogP contribution in [0.2, 0.25) is 0 Å². The zero-order chi connectivity index (χ0) is 45.2. The van der Waals surface area contributed by atoms with Crippen LogP contribution in [0.1, 0.15) is 82.8 Å². The number of hydrogen-bond donors (Lipinski definition) is 6. The number of allylic oxidation sites excluding steroid dienone is 2. The summed E-state index contributed by atoms with van der Waals surface area (Å²) in [5.74, 6) is -8.34. The Labute approximate surface area is 357 Å². The lowest BCUT2D eigenvalue weighted by Gasteiger charge is -2.38. The lowest BCUT2D eigenvalue weighted by molar-refractivity contribution is -0.160. The molecule has 0 saturated carbocycles. The minimum atomic E-state index is -2.05. The second-order valence-electron chi connectivity index (χ2n) is 17.0. The number of Topliss-reactive ketones (excluding diaryl/α,β-unsaturated/α-hetero) is 1. The molecule has 0 radical (unpaired) electrons. The number of rotatable bonds is 5. The van der Waals surface area contributed by atoms with Gasteiger partial charge >= 0.3 is 11.8 Å². The van der Waals surface area contributed by atoms with E-state index in [4.69, 9.17) is 18.9 Å². The largest absolute Gasteiger partial charge is 0.507 e. The van der Waals surface area contributed by atoms with E-state index in [1.165, 1.54) is 59.4 Å². The Bertz CT molecular complexity index is 2120. The third kappa shape index (κ3) is 9.37. The highest BCUT2D eigenvalue weighted by Gasteiger charge is 2.50. The fraction of sp³-hybridized carbons (Fsp3) is 0.556. The predicted molar refractivity (Wildman–Crippen MR) is 230 cm³/mol. The molecule has 6 rings (SSSR count). The summed E-state index contributed by atoms with van der Waals surface area (Å²) in [5, 5.41) is 67.2. The maximum absolute atomic E-state index is 14.5. The highest BCUT2D eigenvalue weighted by molar-refractivity contribution is 6.23. The molecule has 4 aliphatic heterocycles. The predicted octanol–water partition coefficient (Wildman–Crippen LogP) is 5.11. The molecule has 0 aromatic heterocycles. The monoisotopic (exact) mass is 850 g/mol. The third-order valence-corrected chi connectivity index (χ3v) is 12.6. The van der Waals surface area contributed by atoms with Crippen LogP contribution in [0.25, 0.3) is 10.8 Å². The van der Waals surface area contributed by atoms with Gasteiger partial charge in [0.1, 0.15) is 23.4 Å². The molecule has 334 valence electrons. The van der Waals surface area contributed by atoms with Crippen molar-refractivity contribution in [1.29, 1.82) is 0 Å². The van der Waals surface area contributed by atoms with E-state index in [9.17, 15) is 39.9 Å². The molecule has 9 atom stereocenters. The van der Waals surface area contributed by atoms with Gasteiger partial charge in [0, 0.05) is 80.3 Å². The van der Waals surface area contributed by atoms with Crippen molar-refractivity contribution in [3.8, 4) is 23.0 Å². The van der Waals surface area contributed by atoms with Crippen LogP contribution in [-0.4, -0.2) is 130 Å². The number of carbonyl (C=O) groups excluding carboxylic acids is 3. The number of hydrogen-bond acceptors (Lipinski definition) is 15. The average Bonchev–Trinajstić information content (AvgIpc) is 3.49. The summed E-state index contributed by atoms with van der Waals surface area (Å²) >= 11 is 0. The molecule has 1 fully saturated rings. The van der Waals surface area contributed by atoms with Crippen molar-refractivity contribution in [3.05, 3.63) is 52.8 Å². The highest BCUT2D eigenvalue weighted by Crippen LogP contribution is 2.55. The molecule has 2 aromatic carbocycles. The number of carbonyl (C=O) groups is 3. The van der Waals surface area contributed by atoms with Crippen molar-refractivity contribution in [2.75, 3.05) is 39.6 Å². The maximum atomic E-state index is 14.5. The van der Waals surface area contributed by atoms with E-state index in [0.29, 0.717) is 19.1 Å². The van der Waals surface area contributed by atoms with Crippen LogP contribution >= 0.6 is 0 Å². The fourth-order valence-corrected chi connectivity index (χ4v) is 8.50. The standard InChI is InChI=1S/C45H62N4O12/c1-22-13-12-14-23(2)44(57)47-35-30(21-46-49-18-15-29(16-19-49)48(9)10)39(54)32-33(40(35)55)38(53)27(6)42-34(32)43(56)45(8,61-42)59-20-17-31(58-11)24(3)41(60-28(7)50)26(5)37(52)25(4)36(22)51/h12-14,17,20-22,24-26,29,31,36-37,41,51-55H,15-16,18-19H2,1-11H3,(H,47,57)/b13-12+,20-17+,23-14-,46-21+/t22-,24+,25+,26+,31-,36-,37+,41+,45-/m0/s1. The number of aliphatic hydroxyl groups excluding tert-OH is 2. The Hall–Kier alpha value is -5.16. The van der Waals surface area contributed by atoms with Gasteiger partial charge in [-0.3, -0.25) is 19.4 Å². The maximum Gasteiger partial charge on any atom is 0.312 e. The normalized spacial score (nSPS) is 31.5. The molecular formula is C45H62N4O12.